The summed E-state index contributed by atoms with van der Waals surface area (Å²) in [5, 5.41) is 0. The van der Waals surface area contributed by atoms with Gasteiger partial charge in [0.25, 0.3) is 0 Å². The molecule has 0 spiro atoms. The first-order valence-electron chi connectivity index (χ1n) is 4.86. The molecule has 1 aromatic heterocycles. The fraction of sp³-hybridized carbons (Fsp3) is 0.545. The van der Waals surface area contributed by atoms with Crippen LogP contribution in [0.2, 0.25) is 0 Å². The smallest absolute Gasteiger partial charge is 0.178 e. The van der Waals surface area contributed by atoms with Crippen LogP contribution >= 0.6 is 0 Å². The molecule has 78 valence electrons. The van der Waals surface area contributed by atoms with Crippen LogP contribution in [-0.2, 0) is 7.05 Å². The molecule has 1 heterocycles. The van der Waals surface area contributed by atoms with Crippen molar-refractivity contribution < 1.29 is 4.79 Å². The van der Waals surface area contributed by atoms with Gasteiger partial charge in [0, 0.05) is 31.0 Å². The van der Waals surface area contributed by atoms with Crippen molar-refractivity contribution in [1.82, 2.24) is 9.47 Å². The highest BCUT2D eigenvalue weighted by atomic mass is 16.1. The molecule has 0 aliphatic carbocycles. The minimum Gasteiger partial charge on any atom is -0.357 e. The minimum absolute atomic E-state index is 0.182. The van der Waals surface area contributed by atoms with Crippen molar-refractivity contribution >= 4 is 5.78 Å². The first-order chi connectivity index (χ1) is 6.50. The number of carbonyl (C=O) groups is 1. The molecule has 0 aromatic carbocycles. The maximum atomic E-state index is 11.7. The summed E-state index contributed by atoms with van der Waals surface area (Å²) in [6.07, 6.45) is 3.75. The van der Waals surface area contributed by atoms with Crippen LogP contribution in [0.3, 0.4) is 0 Å². The quantitative estimate of drug-likeness (QED) is 0.679. The number of hydrogen-bond acceptors (Lipinski definition) is 2. The van der Waals surface area contributed by atoms with Crippen LogP contribution in [0.1, 0.15) is 24.2 Å². The summed E-state index contributed by atoms with van der Waals surface area (Å²) >= 11 is 0. The summed E-state index contributed by atoms with van der Waals surface area (Å²) in [5.74, 6) is 0.182. The van der Waals surface area contributed by atoms with Crippen LogP contribution in [0.25, 0.3) is 0 Å². The zero-order chi connectivity index (χ0) is 10.7. The van der Waals surface area contributed by atoms with Gasteiger partial charge in [0.1, 0.15) is 0 Å². The second-order valence-corrected chi connectivity index (χ2v) is 4.00. The van der Waals surface area contributed by atoms with Crippen LogP contribution in [-0.4, -0.2) is 34.9 Å². The van der Waals surface area contributed by atoms with Gasteiger partial charge in [0.05, 0.1) is 6.54 Å². The lowest BCUT2D eigenvalue weighted by Crippen LogP contribution is -2.31. The van der Waals surface area contributed by atoms with Crippen LogP contribution in [0.5, 0.6) is 0 Å². The van der Waals surface area contributed by atoms with E-state index in [1.165, 1.54) is 0 Å². The molecule has 0 radical (unpaired) electrons. The SMILES string of the molecule is CC(C)N(C)CC(=O)c1ccn(C)c1. The number of aromatic nitrogens is 1. The second-order valence-electron chi connectivity index (χ2n) is 4.00. The maximum Gasteiger partial charge on any atom is 0.178 e. The van der Waals surface area contributed by atoms with E-state index in [0.717, 1.165) is 5.56 Å². The van der Waals surface area contributed by atoms with Crippen molar-refractivity contribution in [2.24, 2.45) is 7.05 Å². The Morgan fingerprint density at radius 1 is 1.57 bits per heavy atom. The van der Waals surface area contributed by atoms with Gasteiger partial charge in [0.2, 0.25) is 0 Å². The normalized spacial score (nSPS) is 11.3. The largest absolute Gasteiger partial charge is 0.357 e. The third-order valence-corrected chi connectivity index (χ3v) is 2.43. The third kappa shape index (κ3) is 2.70. The van der Waals surface area contributed by atoms with E-state index in [1.54, 1.807) is 0 Å². The van der Waals surface area contributed by atoms with Gasteiger partial charge in [-0.2, -0.15) is 0 Å². The monoisotopic (exact) mass is 194 g/mol. The van der Waals surface area contributed by atoms with E-state index in [-0.39, 0.29) is 5.78 Å². The summed E-state index contributed by atoms with van der Waals surface area (Å²) in [6.45, 7) is 4.65. The van der Waals surface area contributed by atoms with Gasteiger partial charge in [-0.1, -0.05) is 0 Å². The van der Waals surface area contributed by atoms with Gasteiger partial charge in [0.15, 0.2) is 5.78 Å². The van der Waals surface area contributed by atoms with Gasteiger partial charge >= 0.3 is 0 Å². The van der Waals surface area contributed by atoms with Gasteiger partial charge in [-0.15, -0.1) is 0 Å². The van der Waals surface area contributed by atoms with E-state index in [0.29, 0.717) is 12.6 Å². The average Bonchev–Trinajstić information content (AvgIpc) is 2.51. The average molecular weight is 194 g/mol. The molecule has 3 heteroatoms. The lowest BCUT2D eigenvalue weighted by atomic mass is 10.2. The fourth-order valence-corrected chi connectivity index (χ4v) is 1.17. The molecular formula is C11H18N2O. The molecular weight excluding hydrogens is 176 g/mol. The first-order valence-corrected chi connectivity index (χ1v) is 4.86. The van der Waals surface area contributed by atoms with Crippen LogP contribution in [0, 0.1) is 0 Å². The van der Waals surface area contributed by atoms with Gasteiger partial charge in [-0.05, 0) is 27.0 Å². The zero-order valence-corrected chi connectivity index (χ0v) is 9.32. The number of Topliss-reactive ketones (excluding diaryl/α,β-unsaturated/α-hetero) is 1. The van der Waals surface area contributed by atoms with Gasteiger partial charge in [-0.3, -0.25) is 9.69 Å². The number of nitrogens with zero attached hydrogens (tertiary/aromatic N) is 2. The summed E-state index contributed by atoms with van der Waals surface area (Å²) in [7, 11) is 3.88. The highest BCUT2D eigenvalue weighted by Crippen LogP contribution is 2.03. The Morgan fingerprint density at radius 3 is 2.64 bits per heavy atom. The minimum atomic E-state index is 0.182. The van der Waals surface area contributed by atoms with Gasteiger partial charge < -0.3 is 4.57 Å². The molecule has 0 N–H and O–H groups in total. The van der Waals surface area contributed by atoms with Crippen LogP contribution in [0.15, 0.2) is 18.5 Å². The van der Waals surface area contributed by atoms with Crippen molar-refractivity contribution in [3.63, 3.8) is 0 Å². The molecule has 0 atom stereocenters. The Labute approximate surface area is 85.3 Å². The molecule has 0 unspecified atom stereocenters. The van der Waals surface area contributed by atoms with Gasteiger partial charge in [-0.25, -0.2) is 0 Å². The third-order valence-electron chi connectivity index (χ3n) is 2.43. The predicted octanol–water partition coefficient (Wildman–Crippen LogP) is 1.55. The molecule has 0 fully saturated rings. The van der Waals surface area contributed by atoms with E-state index < -0.39 is 0 Å². The molecule has 0 saturated carbocycles. The number of likely N-dealkylation sites (N-methyl/N-ethyl adjacent to an activating group) is 1. The molecule has 0 amide bonds. The van der Waals surface area contributed by atoms with E-state index in [9.17, 15) is 4.79 Å². The standard InChI is InChI=1S/C11H18N2O/c1-9(2)13(4)8-11(14)10-5-6-12(3)7-10/h5-7,9H,8H2,1-4H3. The van der Waals surface area contributed by atoms with Crippen molar-refractivity contribution in [2.45, 2.75) is 19.9 Å². The number of hydrogen-bond donors (Lipinski definition) is 0. The molecule has 14 heavy (non-hydrogen) atoms. The molecule has 1 rings (SSSR count). The van der Waals surface area contributed by atoms with Crippen molar-refractivity contribution in [3.05, 3.63) is 24.0 Å². The maximum absolute atomic E-state index is 11.7. The Hall–Kier alpha value is -1.09. The van der Waals surface area contributed by atoms with E-state index in [4.69, 9.17) is 0 Å². The summed E-state index contributed by atoms with van der Waals surface area (Å²) in [6, 6.07) is 2.26. The number of ketones is 1. The lowest BCUT2D eigenvalue weighted by Gasteiger charge is -2.19. The van der Waals surface area contributed by atoms with E-state index in [1.807, 2.05) is 42.0 Å². The lowest BCUT2D eigenvalue weighted by molar-refractivity contribution is 0.0929. The molecule has 3 nitrogen and oxygen atoms in total. The summed E-state index contributed by atoms with van der Waals surface area (Å²) < 4.78 is 1.89. The molecule has 0 saturated heterocycles. The molecule has 0 bridgehead atoms. The Kier molecular flexibility index (Phi) is 3.47. The zero-order valence-electron chi connectivity index (χ0n) is 9.32. The highest BCUT2D eigenvalue weighted by molar-refractivity contribution is 5.97. The Morgan fingerprint density at radius 2 is 2.21 bits per heavy atom. The molecule has 0 aliphatic rings. The van der Waals surface area contributed by atoms with Crippen LogP contribution in [0.4, 0.5) is 0 Å². The second kappa shape index (κ2) is 4.42. The number of rotatable bonds is 4. The Bertz CT molecular complexity index is 315. The van der Waals surface area contributed by atoms with Crippen LogP contribution < -0.4 is 0 Å². The molecule has 0 aliphatic heterocycles. The van der Waals surface area contributed by atoms with Crippen molar-refractivity contribution in [3.8, 4) is 0 Å². The van der Waals surface area contributed by atoms with E-state index >= 15 is 0 Å². The Balaban J connectivity index is 2.59. The van der Waals surface area contributed by atoms with E-state index in [2.05, 4.69) is 13.8 Å². The fourth-order valence-electron chi connectivity index (χ4n) is 1.17. The first kappa shape index (κ1) is 11.0. The number of aryl methyl sites for hydroxylation is 1. The summed E-state index contributed by atoms with van der Waals surface area (Å²) in [5.41, 5.74) is 0.792. The molecule has 1 aromatic rings. The topological polar surface area (TPSA) is 25.2 Å². The van der Waals surface area contributed by atoms with Crippen molar-refractivity contribution in [1.29, 1.82) is 0 Å². The number of carbonyl (C=O) groups excluding carboxylic acids is 1. The van der Waals surface area contributed by atoms with Crippen molar-refractivity contribution in [2.75, 3.05) is 13.6 Å². The highest BCUT2D eigenvalue weighted by Gasteiger charge is 2.11. The summed E-state index contributed by atoms with van der Waals surface area (Å²) in [4.78, 5) is 13.8. The predicted molar refractivity (Wildman–Crippen MR) is 57.5 cm³/mol.